The first kappa shape index (κ1) is 11.4. The number of nitrogens with zero attached hydrogens (tertiary/aromatic N) is 1. The molecular formula is C7H6INO4S. The molecule has 1 rings (SSSR count). The SMILES string of the molecule is CS(=O)(=O)c1ccc([N+](=O)[O-])c(I)c1. The Labute approximate surface area is 94.3 Å². The molecule has 7 heteroatoms. The molecule has 0 spiro atoms. The molecule has 1 aromatic rings. The molecule has 0 atom stereocenters. The summed E-state index contributed by atoms with van der Waals surface area (Å²) in [6.45, 7) is 0. The third-order valence-corrected chi connectivity index (χ3v) is 3.52. The first-order valence-electron chi connectivity index (χ1n) is 3.46. The van der Waals surface area contributed by atoms with Crippen LogP contribution in [0.15, 0.2) is 23.1 Å². The average molecular weight is 327 g/mol. The zero-order chi connectivity index (χ0) is 10.9. The normalized spacial score (nSPS) is 11.3. The quantitative estimate of drug-likeness (QED) is 0.470. The monoisotopic (exact) mass is 327 g/mol. The van der Waals surface area contributed by atoms with E-state index in [0.29, 0.717) is 3.57 Å². The number of hydrogen-bond donors (Lipinski definition) is 0. The smallest absolute Gasteiger partial charge is 0.258 e. The number of nitro benzene ring substituents is 1. The fourth-order valence-corrected chi connectivity index (χ4v) is 2.44. The summed E-state index contributed by atoms with van der Waals surface area (Å²) >= 11 is 1.74. The van der Waals surface area contributed by atoms with Crippen molar-refractivity contribution >= 4 is 38.1 Å². The first-order chi connectivity index (χ1) is 6.32. The maximum Gasteiger partial charge on any atom is 0.282 e. The molecule has 5 nitrogen and oxygen atoms in total. The molecule has 0 saturated carbocycles. The van der Waals surface area contributed by atoms with Gasteiger partial charge in [0.05, 0.1) is 13.4 Å². The lowest BCUT2D eigenvalue weighted by molar-refractivity contribution is -0.385. The Morgan fingerprint density at radius 2 is 2.00 bits per heavy atom. The minimum atomic E-state index is -3.30. The number of hydrogen-bond acceptors (Lipinski definition) is 4. The van der Waals surface area contributed by atoms with Gasteiger partial charge in [0, 0.05) is 12.3 Å². The van der Waals surface area contributed by atoms with Gasteiger partial charge in [-0.3, -0.25) is 10.1 Å². The van der Waals surface area contributed by atoms with Crippen LogP contribution >= 0.6 is 22.6 Å². The van der Waals surface area contributed by atoms with Gasteiger partial charge >= 0.3 is 0 Å². The Morgan fingerprint density at radius 3 is 2.36 bits per heavy atom. The molecule has 14 heavy (non-hydrogen) atoms. The first-order valence-corrected chi connectivity index (χ1v) is 6.43. The largest absolute Gasteiger partial charge is 0.282 e. The van der Waals surface area contributed by atoms with E-state index in [1.165, 1.54) is 18.2 Å². The van der Waals surface area contributed by atoms with Gasteiger partial charge in [-0.25, -0.2) is 8.42 Å². The van der Waals surface area contributed by atoms with Crippen molar-refractivity contribution < 1.29 is 13.3 Å². The molecule has 0 fully saturated rings. The van der Waals surface area contributed by atoms with Crippen molar-refractivity contribution in [2.24, 2.45) is 0 Å². The minimum absolute atomic E-state index is 0.0852. The number of halogens is 1. The molecule has 0 N–H and O–H groups in total. The van der Waals surface area contributed by atoms with Gasteiger partial charge in [-0.1, -0.05) is 0 Å². The molecule has 0 aliphatic heterocycles. The van der Waals surface area contributed by atoms with Gasteiger partial charge < -0.3 is 0 Å². The van der Waals surface area contributed by atoms with Crippen molar-refractivity contribution in [3.05, 3.63) is 31.9 Å². The lowest BCUT2D eigenvalue weighted by Gasteiger charge is -1.99. The topological polar surface area (TPSA) is 77.3 Å². The third kappa shape index (κ3) is 2.41. The molecule has 1 aromatic carbocycles. The number of benzene rings is 1. The van der Waals surface area contributed by atoms with Crippen LogP contribution in [0, 0.1) is 13.7 Å². The summed E-state index contributed by atoms with van der Waals surface area (Å²) in [6.07, 6.45) is 1.06. The third-order valence-electron chi connectivity index (χ3n) is 1.54. The molecule has 0 amide bonds. The zero-order valence-corrected chi connectivity index (χ0v) is 10.1. The summed E-state index contributed by atoms with van der Waals surface area (Å²) in [7, 11) is -3.30. The lowest BCUT2D eigenvalue weighted by atomic mass is 10.3. The summed E-state index contributed by atoms with van der Waals surface area (Å²) in [4.78, 5) is 9.98. The number of rotatable bonds is 2. The van der Waals surface area contributed by atoms with Crippen molar-refractivity contribution in [3.8, 4) is 0 Å². The van der Waals surface area contributed by atoms with Gasteiger partial charge in [0.25, 0.3) is 5.69 Å². The maximum absolute atomic E-state index is 11.1. The predicted molar refractivity (Wildman–Crippen MR) is 58.9 cm³/mol. The Hall–Kier alpha value is -0.700. The highest BCUT2D eigenvalue weighted by Gasteiger charge is 2.15. The van der Waals surface area contributed by atoms with Gasteiger partial charge in [0.2, 0.25) is 0 Å². The second kappa shape index (κ2) is 3.81. The van der Waals surface area contributed by atoms with Crippen molar-refractivity contribution in [3.63, 3.8) is 0 Å². The molecule has 0 radical (unpaired) electrons. The Balaban J connectivity index is 3.34. The second-order valence-corrected chi connectivity index (χ2v) is 5.82. The fourth-order valence-electron chi connectivity index (χ4n) is 0.866. The highest BCUT2D eigenvalue weighted by molar-refractivity contribution is 14.1. The van der Waals surface area contributed by atoms with E-state index in [1.807, 2.05) is 0 Å². The molecule has 0 bridgehead atoms. The summed E-state index contributed by atoms with van der Waals surface area (Å²) in [6, 6.07) is 3.71. The van der Waals surface area contributed by atoms with Crippen molar-refractivity contribution in [2.45, 2.75) is 4.90 Å². The second-order valence-electron chi connectivity index (χ2n) is 2.64. The maximum atomic E-state index is 11.1. The van der Waals surface area contributed by atoms with E-state index >= 15 is 0 Å². The predicted octanol–water partition coefficient (Wildman–Crippen LogP) is 1.60. The van der Waals surface area contributed by atoms with Crippen LogP contribution in [-0.2, 0) is 9.84 Å². The van der Waals surface area contributed by atoms with E-state index < -0.39 is 14.8 Å². The van der Waals surface area contributed by atoms with Crippen LogP contribution in [0.2, 0.25) is 0 Å². The van der Waals surface area contributed by atoms with Gasteiger partial charge in [-0.15, -0.1) is 0 Å². The molecule has 0 unspecified atom stereocenters. The van der Waals surface area contributed by atoms with Crippen LogP contribution < -0.4 is 0 Å². The Bertz CT molecular complexity index is 482. The van der Waals surface area contributed by atoms with E-state index in [4.69, 9.17) is 0 Å². The fraction of sp³-hybridized carbons (Fsp3) is 0.143. The summed E-state index contributed by atoms with van der Waals surface area (Å²) in [5, 5.41) is 10.4. The number of nitro groups is 1. The summed E-state index contributed by atoms with van der Waals surface area (Å²) < 4.78 is 22.5. The van der Waals surface area contributed by atoms with Crippen molar-refractivity contribution in [1.82, 2.24) is 0 Å². The highest BCUT2D eigenvalue weighted by atomic mass is 127. The van der Waals surface area contributed by atoms with Crippen LogP contribution in [0.5, 0.6) is 0 Å². The summed E-state index contributed by atoms with van der Waals surface area (Å²) in [5.41, 5.74) is -0.0852. The van der Waals surface area contributed by atoms with Crippen LogP contribution in [0.1, 0.15) is 0 Å². The van der Waals surface area contributed by atoms with Crippen LogP contribution in [0.25, 0.3) is 0 Å². The molecule has 0 aromatic heterocycles. The molecule has 0 saturated heterocycles. The molecule has 0 aliphatic carbocycles. The van der Waals surface area contributed by atoms with Crippen molar-refractivity contribution in [2.75, 3.05) is 6.26 Å². The average Bonchev–Trinajstić information content (AvgIpc) is 2.01. The minimum Gasteiger partial charge on any atom is -0.258 e. The van der Waals surface area contributed by atoms with E-state index in [1.54, 1.807) is 22.6 Å². The molecule has 0 heterocycles. The molecular weight excluding hydrogens is 321 g/mol. The highest BCUT2D eigenvalue weighted by Crippen LogP contribution is 2.23. The van der Waals surface area contributed by atoms with E-state index in [0.717, 1.165) is 6.26 Å². The van der Waals surface area contributed by atoms with Gasteiger partial charge in [-0.05, 0) is 34.7 Å². The number of sulfone groups is 1. The Morgan fingerprint density at radius 1 is 1.43 bits per heavy atom. The van der Waals surface area contributed by atoms with Crippen LogP contribution in [0.4, 0.5) is 5.69 Å². The van der Waals surface area contributed by atoms with E-state index in [2.05, 4.69) is 0 Å². The molecule has 0 aliphatic rings. The van der Waals surface area contributed by atoms with Crippen LogP contribution in [0.3, 0.4) is 0 Å². The van der Waals surface area contributed by atoms with Gasteiger partial charge in [-0.2, -0.15) is 0 Å². The van der Waals surface area contributed by atoms with E-state index in [9.17, 15) is 18.5 Å². The summed E-state index contributed by atoms with van der Waals surface area (Å²) in [5.74, 6) is 0. The van der Waals surface area contributed by atoms with Crippen LogP contribution in [-0.4, -0.2) is 19.6 Å². The van der Waals surface area contributed by atoms with Gasteiger partial charge in [0.15, 0.2) is 9.84 Å². The standard InChI is InChI=1S/C7H6INO4S/c1-14(12,13)5-2-3-7(9(10)11)6(8)4-5/h2-4H,1H3. The zero-order valence-electron chi connectivity index (χ0n) is 7.10. The Kier molecular flexibility index (Phi) is 3.10. The van der Waals surface area contributed by atoms with Gasteiger partial charge in [0.1, 0.15) is 0 Å². The van der Waals surface area contributed by atoms with Crippen molar-refractivity contribution in [1.29, 1.82) is 0 Å². The lowest BCUT2D eigenvalue weighted by Crippen LogP contribution is -1.99. The van der Waals surface area contributed by atoms with E-state index in [-0.39, 0.29) is 10.6 Å². The molecule has 76 valence electrons.